The fourth-order valence-corrected chi connectivity index (χ4v) is 2.52. The van der Waals surface area contributed by atoms with Crippen molar-refractivity contribution in [3.05, 3.63) is 77.6 Å². The number of H-pyrrole nitrogens is 1. The SMILES string of the molecule is CC[C@H](NC(=O)c1cc(COc2ccccc2F)[nH]n1)c1ccncc1. The summed E-state index contributed by atoms with van der Waals surface area (Å²) in [5, 5.41) is 9.69. The summed E-state index contributed by atoms with van der Waals surface area (Å²) in [6.45, 7) is 2.08. The van der Waals surface area contributed by atoms with E-state index < -0.39 is 5.82 Å². The summed E-state index contributed by atoms with van der Waals surface area (Å²) in [4.78, 5) is 16.4. The molecule has 26 heavy (non-hydrogen) atoms. The van der Waals surface area contributed by atoms with Gasteiger partial charge in [-0.25, -0.2) is 4.39 Å². The maximum Gasteiger partial charge on any atom is 0.272 e. The molecule has 0 saturated carbocycles. The van der Waals surface area contributed by atoms with Crippen LogP contribution in [0.1, 0.15) is 41.1 Å². The van der Waals surface area contributed by atoms with Crippen molar-refractivity contribution in [3.63, 3.8) is 0 Å². The van der Waals surface area contributed by atoms with Gasteiger partial charge in [0.2, 0.25) is 0 Å². The molecule has 0 radical (unpaired) electrons. The van der Waals surface area contributed by atoms with Crippen LogP contribution >= 0.6 is 0 Å². The first-order chi connectivity index (χ1) is 12.7. The van der Waals surface area contributed by atoms with Crippen LogP contribution in [0, 0.1) is 5.82 Å². The van der Waals surface area contributed by atoms with E-state index >= 15 is 0 Å². The van der Waals surface area contributed by atoms with Crippen LogP contribution in [0.15, 0.2) is 54.9 Å². The van der Waals surface area contributed by atoms with Crippen LogP contribution in [0.5, 0.6) is 5.75 Å². The molecule has 0 unspecified atom stereocenters. The van der Waals surface area contributed by atoms with Gasteiger partial charge >= 0.3 is 0 Å². The fourth-order valence-electron chi connectivity index (χ4n) is 2.52. The molecule has 134 valence electrons. The van der Waals surface area contributed by atoms with Crippen molar-refractivity contribution < 1.29 is 13.9 Å². The average molecular weight is 354 g/mol. The molecular weight excluding hydrogens is 335 g/mol. The van der Waals surface area contributed by atoms with E-state index in [4.69, 9.17) is 4.74 Å². The van der Waals surface area contributed by atoms with Gasteiger partial charge in [-0.1, -0.05) is 19.1 Å². The lowest BCUT2D eigenvalue weighted by Gasteiger charge is -2.16. The standard InChI is InChI=1S/C19H19FN4O2/c1-2-16(13-7-9-21-10-8-13)22-19(25)17-11-14(23-24-17)12-26-18-6-4-3-5-15(18)20/h3-11,16H,2,12H2,1H3,(H,22,25)(H,23,24)/t16-/m0/s1. The first-order valence-electron chi connectivity index (χ1n) is 8.29. The molecule has 0 fully saturated rings. The number of ether oxygens (including phenoxy) is 1. The second-order valence-corrected chi connectivity index (χ2v) is 5.71. The molecule has 2 N–H and O–H groups in total. The number of para-hydroxylation sites is 1. The second kappa shape index (κ2) is 8.24. The van der Waals surface area contributed by atoms with Gasteiger partial charge in [0.25, 0.3) is 5.91 Å². The number of hydrogen-bond donors (Lipinski definition) is 2. The quantitative estimate of drug-likeness (QED) is 0.681. The molecule has 0 bridgehead atoms. The number of hydrogen-bond acceptors (Lipinski definition) is 4. The number of aromatic amines is 1. The van der Waals surface area contributed by atoms with Crippen LogP contribution in [0.2, 0.25) is 0 Å². The molecule has 7 heteroatoms. The smallest absolute Gasteiger partial charge is 0.272 e. The van der Waals surface area contributed by atoms with Gasteiger partial charge < -0.3 is 10.1 Å². The van der Waals surface area contributed by atoms with Crippen LogP contribution in [0.3, 0.4) is 0 Å². The fraction of sp³-hybridized carbons (Fsp3) is 0.211. The Hall–Kier alpha value is -3.22. The van der Waals surface area contributed by atoms with Crippen LogP contribution in [0.4, 0.5) is 4.39 Å². The highest BCUT2D eigenvalue weighted by Crippen LogP contribution is 2.18. The van der Waals surface area contributed by atoms with Gasteiger partial charge in [0.05, 0.1) is 11.7 Å². The second-order valence-electron chi connectivity index (χ2n) is 5.71. The average Bonchev–Trinajstić information content (AvgIpc) is 3.15. The maximum absolute atomic E-state index is 13.6. The van der Waals surface area contributed by atoms with E-state index in [1.165, 1.54) is 6.07 Å². The third-order valence-corrected chi connectivity index (χ3v) is 3.91. The summed E-state index contributed by atoms with van der Waals surface area (Å²) < 4.78 is 19.0. The molecule has 1 amide bonds. The first kappa shape index (κ1) is 17.6. The molecule has 3 rings (SSSR count). The number of amides is 1. The predicted octanol–water partition coefficient (Wildman–Crippen LogP) is 3.40. The van der Waals surface area contributed by atoms with Crippen molar-refractivity contribution in [3.8, 4) is 5.75 Å². The van der Waals surface area contributed by atoms with Crippen LogP contribution in [-0.4, -0.2) is 21.1 Å². The molecule has 1 aromatic carbocycles. The van der Waals surface area contributed by atoms with Gasteiger partial charge in [-0.3, -0.25) is 14.9 Å². The Bertz CT molecular complexity index is 867. The number of nitrogens with one attached hydrogen (secondary N) is 2. The van der Waals surface area contributed by atoms with Crippen molar-refractivity contribution in [2.45, 2.75) is 26.0 Å². The summed E-state index contributed by atoms with van der Waals surface area (Å²) in [5.41, 5.74) is 1.81. The molecule has 2 aromatic heterocycles. The minimum atomic E-state index is -0.437. The molecule has 2 heterocycles. The third-order valence-electron chi connectivity index (χ3n) is 3.91. The molecule has 0 aliphatic carbocycles. The number of halogens is 1. The Morgan fingerprint density at radius 1 is 1.27 bits per heavy atom. The van der Waals surface area contributed by atoms with Gasteiger partial charge in [-0.2, -0.15) is 5.10 Å². The highest BCUT2D eigenvalue weighted by molar-refractivity contribution is 5.92. The van der Waals surface area contributed by atoms with Crippen LogP contribution in [0.25, 0.3) is 0 Å². The maximum atomic E-state index is 13.6. The summed E-state index contributed by atoms with van der Waals surface area (Å²) >= 11 is 0. The molecule has 6 nitrogen and oxygen atoms in total. The topological polar surface area (TPSA) is 79.9 Å². The minimum absolute atomic E-state index is 0.0861. The number of nitrogens with zero attached hydrogens (tertiary/aromatic N) is 2. The van der Waals surface area contributed by atoms with Crippen molar-refractivity contribution >= 4 is 5.91 Å². The van der Waals surface area contributed by atoms with E-state index in [0.29, 0.717) is 5.69 Å². The molecule has 0 aliphatic heterocycles. The van der Waals surface area contributed by atoms with Gasteiger partial charge in [-0.15, -0.1) is 0 Å². The van der Waals surface area contributed by atoms with Gasteiger partial charge in [0, 0.05) is 12.4 Å². The summed E-state index contributed by atoms with van der Waals surface area (Å²) in [6.07, 6.45) is 4.12. The number of carbonyl (C=O) groups is 1. The Balaban J connectivity index is 1.61. The first-order valence-corrected chi connectivity index (χ1v) is 8.29. The number of aromatic nitrogens is 3. The number of pyridine rings is 1. The zero-order valence-corrected chi connectivity index (χ0v) is 14.3. The number of rotatable bonds is 7. The lowest BCUT2D eigenvalue weighted by molar-refractivity contribution is 0.0930. The van der Waals surface area contributed by atoms with Gasteiger partial charge in [0.15, 0.2) is 11.6 Å². The molecule has 0 spiro atoms. The van der Waals surface area contributed by atoms with Gasteiger partial charge in [-0.05, 0) is 42.3 Å². The Labute approximate surface area is 150 Å². The number of benzene rings is 1. The zero-order valence-electron chi connectivity index (χ0n) is 14.3. The minimum Gasteiger partial charge on any atom is -0.484 e. The molecule has 0 saturated heterocycles. The Morgan fingerprint density at radius 3 is 2.77 bits per heavy atom. The summed E-state index contributed by atoms with van der Waals surface area (Å²) in [6, 6.07) is 11.3. The Kier molecular flexibility index (Phi) is 5.58. The normalized spacial score (nSPS) is 11.8. The molecule has 0 aliphatic rings. The molecule has 1 atom stereocenters. The predicted molar refractivity (Wildman–Crippen MR) is 94.1 cm³/mol. The lowest BCUT2D eigenvalue weighted by atomic mass is 10.1. The van der Waals surface area contributed by atoms with Gasteiger partial charge in [0.1, 0.15) is 12.3 Å². The van der Waals surface area contributed by atoms with E-state index in [1.807, 2.05) is 19.1 Å². The van der Waals surface area contributed by atoms with Crippen molar-refractivity contribution in [1.29, 1.82) is 0 Å². The molecular formula is C19H19FN4O2. The van der Waals surface area contributed by atoms with E-state index in [0.717, 1.165) is 12.0 Å². The highest BCUT2D eigenvalue weighted by atomic mass is 19.1. The van der Waals surface area contributed by atoms with Crippen molar-refractivity contribution in [2.75, 3.05) is 0 Å². The van der Waals surface area contributed by atoms with Crippen molar-refractivity contribution in [1.82, 2.24) is 20.5 Å². The van der Waals surface area contributed by atoms with Crippen LogP contribution < -0.4 is 10.1 Å². The largest absolute Gasteiger partial charge is 0.484 e. The molecule has 3 aromatic rings. The van der Waals surface area contributed by atoms with E-state index in [9.17, 15) is 9.18 Å². The highest BCUT2D eigenvalue weighted by Gasteiger charge is 2.16. The lowest BCUT2D eigenvalue weighted by Crippen LogP contribution is -2.28. The van der Waals surface area contributed by atoms with E-state index in [1.54, 1.807) is 36.7 Å². The number of carbonyl (C=O) groups excluding carboxylic acids is 1. The van der Waals surface area contributed by atoms with Crippen molar-refractivity contribution in [2.24, 2.45) is 0 Å². The Morgan fingerprint density at radius 2 is 2.04 bits per heavy atom. The summed E-state index contributed by atoms with van der Waals surface area (Å²) in [5.74, 6) is -0.577. The summed E-state index contributed by atoms with van der Waals surface area (Å²) in [7, 11) is 0. The van der Waals surface area contributed by atoms with Crippen LogP contribution in [-0.2, 0) is 6.61 Å². The third kappa shape index (κ3) is 4.24. The van der Waals surface area contributed by atoms with E-state index in [2.05, 4.69) is 20.5 Å². The van der Waals surface area contributed by atoms with E-state index in [-0.39, 0.29) is 30.0 Å². The zero-order chi connectivity index (χ0) is 18.4. The monoisotopic (exact) mass is 354 g/mol.